The fourth-order valence-corrected chi connectivity index (χ4v) is 4.00. The zero-order chi connectivity index (χ0) is 28.1. The van der Waals surface area contributed by atoms with E-state index in [0.29, 0.717) is 19.4 Å². The van der Waals surface area contributed by atoms with E-state index in [4.69, 9.17) is 9.47 Å². The van der Waals surface area contributed by atoms with Gasteiger partial charge in [-0.05, 0) is 76.0 Å². The van der Waals surface area contributed by atoms with Gasteiger partial charge in [0, 0.05) is 13.0 Å². The molecule has 2 amide bonds. The number of carbonyl (C=O) groups excluding carboxylic acids is 3. The van der Waals surface area contributed by atoms with Crippen molar-refractivity contribution >= 4 is 17.8 Å². The molecule has 0 saturated heterocycles. The van der Waals surface area contributed by atoms with Crippen LogP contribution in [-0.4, -0.2) is 43.1 Å². The Balaban J connectivity index is 2.69. The molecule has 2 N–H and O–H groups in total. The highest BCUT2D eigenvalue weighted by molar-refractivity contribution is 5.90. The standard InChI is InChI=1S/C30H50N2O5/c1-9-10-11-14-22-16-18-24(19-17-22)36-20-13-12-15-23(21-25(33)37-30(5,6)7)27(34)32-26(28(35)31-8)29(2,3)4/h16-19,23,26H,9-15,20-21H2,1-8H3,(H,31,35)(H,32,34)/t23-,26-/m1/s1. The van der Waals surface area contributed by atoms with Gasteiger partial charge in [-0.2, -0.15) is 0 Å². The highest BCUT2D eigenvalue weighted by Gasteiger charge is 2.34. The summed E-state index contributed by atoms with van der Waals surface area (Å²) in [6, 6.07) is 7.53. The average Bonchev–Trinajstić information content (AvgIpc) is 2.80. The Labute approximate surface area is 224 Å². The molecule has 1 aromatic rings. The van der Waals surface area contributed by atoms with Gasteiger partial charge in [0.05, 0.1) is 13.0 Å². The lowest BCUT2D eigenvalue weighted by molar-refractivity contribution is -0.157. The van der Waals surface area contributed by atoms with E-state index < -0.39 is 28.9 Å². The number of nitrogens with one attached hydrogen (secondary N) is 2. The average molecular weight is 519 g/mol. The quantitative estimate of drug-likeness (QED) is 0.233. The van der Waals surface area contributed by atoms with Gasteiger partial charge >= 0.3 is 5.97 Å². The van der Waals surface area contributed by atoms with Crippen molar-refractivity contribution < 1.29 is 23.9 Å². The summed E-state index contributed by atoms with van der Waals surface area (Å²) >= 11 is 0. The van der Waals surface area contributed by atoms with Crippen molar-refractivity contribution in [2.45, 2.75) is 111 Å². The van der Waals surface area contributed by atoms with Crippen LogP contribution in [0.2, 0.25) is 0 Å². The van der Waals surface area contributed by atoms with Crippen LogP contribution in [0, 0.1) is 11.3 Å². The predicted molar refractivity (Wildman–Crippen MR) is 148 cm³/mol. The molecule has 2 atom stereocenters. The van der Waals surface area contributed by atoms with Crippen LogP contribution in [0.5, 0.6) is 5.75 Å². The topological polar surface area (TPSA) is 93.7 Å². The van der Waals surface area contributed by atoms with Gasteiger partial charge in [0.15, 0.2) is 0 Å². The maximum absolute atomic E-state index is 13.2. The molecule has 210 valence electrons. The second-order valence-corrected chi connectivity index (χ2v) is 11.9. The summed E-state index contributed by atoms with van der Waals surface area (Å²) in [5.74, 6) is -0.751. The summed E-state index contributed by atoms with van der Waals surface area (Å²) in [5, 5.41) is 5.49. The summed E-state index contributed by atoms with van der Waals surface area (Å²) in [4.78, 5) is 38.1. The molecule has 37 heavy (non-hydrogen) atoms. The molecule has 0 aliphatic heterocycles. The maximum Gasteiger partial charge on any atom is 0.307 e. The summed E-state index contributed by atoms with van der Waals surface area (Å²) in [7, 11) is 1.55. The first-order chi connectivity index (χ1) is 17.3. The Bertz CT molecular complexity index is 837. The molecular formula is C30H50N2O5. The van der Waals surface area contributed by atoms with E-state index in [1.54, 1.807) is 27.8 Å². The van der Waals surface area contributed by atoms with Crippen LogP contribution in [0.15, 0.2) is 24.3 Å². The minimum atomic E-state index is -0.709. The van der Waals surface area contributed by atoms with Crippen LogP contribution < -0.4 is 15.4 Å². The molecule has 0 unspecified atom stereocenters. The highest BCUT2D eigenvalue weighted by Crippen LogP contribution is 2.23. The summed E-state index contributed by atoms with van der Waals surface area (Å²) in [6.45, 7) is 13.8. The number of esters is 1. The molecule has 0 spiro atoms. The largest absolute Gasteiger partial charge is 0.494 e. The predicted octanol–water partition coefficient (Wildman–Crippen LogP) is 5.59. The van der Waals surface area contributed by atoms with Crippen LogP contribution in [-0.2, 0) is 25.5 Å². The second kappa shape index (κ2) is 15.6. The molecule has 7 nitrogen and oxygen atoms in total. The maximum atomic E-state index is 13.2. The molecular weight excluding hydrogens is 468 g/mol. The van der Waals surface area contributed by atoms with Crippen molar-refractivity contribution in [3.05, 3.63) is 29.8 Å². The normalized spacial score (nSPS) is 13.4. The lowest BCUT2D eigenvalue weighted by Crippen LogP contribution is -2.54. The van der Waals surface area contributed by atoms with E-state index in [1.165, 1.54) is 24.8 Å². The van der Waals surface area contributed by atoms with Crippen molar-refractivity contribution in [3.63, 3.8) is 0 Å². The zero-order valence-electron chi connectivity index (χ0n) is 24.4. The third-order valence-corrected chi connectivity index (χ3v) is 6.07. The number of rotatable bonds is 15. The number of ether oxygens (including phenoxy) is 2. The van der Waals surface area contributed by atoms with Gasteiger partial charge in [-0.15, -0.1) is 0 Å². The number of benzene rings is 1. The third-order valence-electron chi connectivity index (χ3n) is 6.07. The highest BCUT2D eigenvalue weighted by atomic mass is 16.6. The molecule has 0 heterocycles. The van der Waals surface area contributed by atoms with E-state index in [1.807, 2.05) is 32.9 Å². The van der Waals surface area contributed by atoms with E-state index in [-0.39, 0.29) is 18.2 Å². The molecule has 0 saturated carbocycles. The van der Waals surface area contributed by atoms with Gasteiger partial charge in [-0.3, -0.25) is 14.4 Å². The van der Waals surface area contributed by atoms with Crippen molar-refractivity contribution in [1.82, 2.24) is 10.6 Å². The number of amides is 2. The van der Waals surface area contributed by atoms with Gasteiger partial charge in [0.1, 0.15) is 17.4 Å². The second-order valence-electron chi connectivity index (χ2n) is 11.9. The minimum Gasteiger partial charge on any atom is -0.494 e. The smallest absolute Gasteiger partial charge is 0.307 e. The molecule has 0 fully saturated rings. The fourth-order valence-electron chi connectivity index (χ4n) is 4.00. The zero-order valence-corrected chi connectivity index (χ0v) is 24.4. The Hall–Kier alpha value is -2.57. The molecule has 0 bridgehead atoms. The lowest BCUT2D eigenvalue weighted by Gasteiger charge is -2.31. The number of carbonyl (C=O) groups is 3. The molecule has 7 heteroatoms. The van der Waals surface area contributed by atoms with Crippen LogP contribution in [0.25, 0.3) is 0 Å². The van der Waals surface area contributed by atoms with Crippen molar-refractivity contribution in [2.75, 3.05) is 13.7 Å². The van der Waals surface area contributed by atoms with E-state index in [2.05, 4.69) is 29.7 Å². The van der Waals surface area contributed by atoms with Gasteiger partial charge in [-0.1, -0.05) is 52.7 Å². The van der Waals surface area contributed by atoms with Gasteiger partial charge in [-0.25, -0.2) is 0 Å². The Morgan fingerprint density at radius 3 is 2.08 bits per heavy atom. The molecule has 0 radical (unpaired) electrons. The number of hydrogen-bond donors (Lipinski definition) is 2. The summed E-state index contributed by atoms with van der Waals surface area (Å²) < 4.78 is 11.3. The SMILES string of the molecule is CCCCCc1ccc(OCCCC[C@H](CC(=O)OC(C)(C)C)C(=O)N[C@H](C(=O)NC)C(C)(C)C)cc1. The van der Waals surface area contributed by atoms with Crippen molar-refractivity contribution in [2.24, 2.45) is 11.3 Å². The van der Waals surface area contributed by atoms with Crippen molar-refractivity contribution in [3.8, 4) is 5.75 Å². The monoisotopic (exact) mass is 518 g/mol. The third kappa shape index (κ3) is 13.5. The van der Waals surface area contributed by atoms with Gasteiger partial charge in [0.2, 0.25) is 11.8 Å². The van der Waals surface area contributed by atoms with E-state index >= 15 is 0 Å². The van der Waals surface area contributed by atoms with Gasteiger partial charge < -0.3 is 20.1 Å². The van der Waals surface area contributed by atoms with Gasteiger partial charge in [0.25, 0.3) is 0 Å². The fraction of sp³-hybridized carbons (Fsp3) is 0.700. The first-order valence-corrected chi connectivity index (χ1v) is 13.7. The number of likely N-dealkylation sites (N-methyl/N-ethyl adjacent to an activating group) is 1. The molecule has 0 aliphatic rings. The summed E-state index contributed by atoms with van der Waals surface area (Å²) in [5.41, 5.74) is 0.209. The first-order valence-electron chi connectivity index (χ1n) is 13.7. The van der Waals surface area contributed by atoms with E-state index in [9.17, 15) is 14.4 Å². The van der Waals surface area contributed by atoms with E-state index in [0.717, 1.165) is 18.6 Å². The van der Waals surface area contributed by atoms with Crippen molar-refractivity contribution in [1.29, 1.82) is 0 Å². The van der Waals surface area contributed by atoms with Crippen LogP contribution in [0.4, 0.5) is 0 Å². The first kappa shape index (κ1) is 32.5. The Morgan fingerprint density at radius 2 is 1.54 bits per heavy atom. The molecule has 0 aliphatic carbocycles. The lowest BCUT2D eigenvalue weighted by atomic mass is 9.85. The number of hydrogen-bond acceptors (Lipinski definition) is 5. The molecule has 1 rings (SSSR count). The summed E-state index contributed by atoms with van der Waals surface area (Å²) in [6.07, 6.45) is 6.66. The minimum absolute atomic E-state index is 0.0337. The van der Waals surface area contributed by atoms with Crippen LogP contribution in [0.1, 0.15) is 99.0 Å². The van der Waals surface area contributed by atoms with Crippen LogP contribution in [0.3, 0.4) is 0 Å². The molecule has 1 aromatic carbocycles. The number of unbranched alkanes of at least 4 members (excludes halogenated alkanes) is 3. The van der Waals surface area contributed by atoms with Crippen LogP contribution >= 0.6 is 0 Å². The Kier molecular flexibility index (Phi) is 13.7. The molecule has 0 aromatic heterocycles. The Morgan fingerprint density at radius 1 is 0.892 bits per heavy atom. The number of aryl methyl sites for hydroxylation is 1.